The van der Waals surface area contributed by atoms with E-state index in [9.17, 15) is 4.79 Å². The standard InChI is InChI=1S/C18H24N4O.C4H8/c1-4-15(5-2)20-18(23)11-12-19-17-13-14(3)21-22(17)16-9-7-6-8-10-16;1-3-4-2/h4,6-10,13,19H,5,11-12H2,1-3H3,(H,20,23);3H,1,4H2,2H3/b15-4+;. The first kappa shape index (κ1) is 22.2. The van der Waals surface area contributed by atoms with Crippen molar-refractivity contribution in [2.75, 3.05) is 11.9 Å². The van der Waals surface area contributed by atoms with Gasteiger partial charge in [0.25, 0.3) is 0 Å². The van der Waals surface area contributed by atoms with E-state index in [0.29, 0.717) is 13.0 Å². The van der Waals surface area contributed by atoms with Gasteiger partial charge in [-0.25, -0.2) is 4.68 Å². The second kappa shape index (κ2) is 12.5. The molecule has 1 heterocycles. The van der Waals surface area contributed by atoms with Crippen molar-refractivity contribution in [2.45, 2.75) is 47.0 Å². The number of anilines is 1. The maximum atomic E-state index is 11.9. The van der Waals surface area contributed by atoms with Gasteiger partial charge in [0.2, 0.25) is 5.91 Å². The van der Waals surface area contributed by atoms with Crippen LogP contribution in [0.2, 0.25) is 0 Å². The fourth-order valence-corrected chi connectivity index (χ4v) is 2.30. The number of carbonyl (C=O) groups excluding carboxylic acids is 1. The molecule has 2 N–H and O–H groups in total. The molecular formula is C22H32N4O. The second-order valence-corrected chi connectivity index (χ2v) is 6.01. The van der Waals surface area contributed by atoms with Gasteiger partial charge < -0.3 is 10.6 Å². The van der Waals surface area contributed by atoms with Crippen LogP contribution in [-0.2, 0) is 4.79 Å². The van der Waals surface area contributed by atoms with Crippen LogP contribution in [0, 0.1) is 6.92 Å². The predicted octanol–water partition coefficient (Wildman–Crippen LogP) is 5.00. The lowest BCUT2D eigenvalue weighted by Crippen LogP contribution is -2.24. The lowest BCUT2D eigenvalue weighted by Gasteiger charge is -2.10. The Morgan fingerprint density at radius 3 is 2.48 bits per heavy atom. The summed E-state index contributed by atoms with van der Waals surface area (Å²) in [5, 5.41) is 10.7. The molecule has 2 rings (SSSR count). The van der Waals surface area contributed by atoms with Crippen LogP contribution in [0.4, 0.5) is 5.82 Å². The number of hydrogen-bond acceptors (Lipinski definition) is 3. The molecule has 0 saturated heterocycles. The Morgan fingerprint density at radius 1 is 1.26 bits per heavy atom. The van der Waals surface area contributed by atoms with Crippen molar-refractivity contribution in [1.29, 1.82) is 0 Å². The van der Waals surface area contributed by atoms with E-state index < -0.39 is 0 Å². The van der Waals surface area contributed by atoms with Crippen LogP contribution >= 0.6 is 0 Å². The largest absolute Gasteiger partial charge is 0.369 e. The van der Waals surface area contributed by atoms with Crippen LogP contribution in [0.3, 0.4) is 0 Å². The van der Waals surface area contributed by atoms with Gasteiger partial charge >= 0.3 is 0 Å². The first-order chi connectivity index (χ1) is 13.0. The summed E-state index contributed by atoms with van der Waals surface area (Å²) in [6, 6.07) is 11.9. The molecule has 1 aromatic carbocycles. The quantitative estimate of drug-likeness (QED) is 0.645. The molecule has 2 aromatic rings. The van der Waals surface area contributed by atoms with E-state index in [0.717, 1.165) is 35.7 Å². The number of aromatic nitrogens is 2. The number of aryl methyl sites for hydroxylation is 1. The van der Waals surface area contributed by atoms with Crippen LogP contribution in [0.1, 0.15) is 45.7 Å². The maximum absolute atomic E-state index is 11.9. The molecule has 0 spiro atoms. The van der Waals surface area contributed by atoms with E-state index in [1.165, 1.54) is 0 Å². The van der Waals surface area contributed by atoms with Crippen LogP contribution < -0.4 is 10.6 Å². The lowest BCUT2D eigenvalue weighted by molar-refractivity contribution is -0.120. The van der Waals surface area contributed by atoms with Gasteiger partial charge in [-0.1, -0.05) is 44.2 Å². The first-order valence-corrected chi connectivity index (χ1v) is 9.47. The highest BCUT2D eigenvalue weighted by atomic mass is 16.1. The highest BCUT2D eigenvalue weighted by Crippen LogP contribution is 2.16. The van der Waals surface area contributed by atoms with Gasteiger partial charge in [0.05, 0.1) is 11.4 Å². The monoisotopic (exact) mass is 368 g/mol. The second-order valence-electron chi connectivity index (χ2n) is 6.01. The number of benzene rings is 1. The molecule has 1 amide bonds. The minimum absolute atomic E-state index is 0.0231. The number of nitrogens with zero attached hydrogens (tertiary/aromatic N) is 2. The third-order valence-corrected chi connectivity index (χ3v) is 3.81. The van der Waals surface area contributed by atoms with Gasteiger partial charge in [-0.15, -0.1) is 6.58 Å². The SMILES string of the molecule is C/C=C(\CC)NC(=O)CCNc1cc(C)nn1-c1ccccc1.C=CCC. The molecule has 0 radical (unpaired) electrons. The van der Waals surface area contributed by atoms with Gasteiger partial charge in [-0.3, -0.25) is 4.79 Å². The molecule has 0 aliphatic rings. The molecule has 0 atom stereocenters. The van der Waals surface area contributed by atoms with Gasteiger partial charge in [0.15, 0.2) is 0 Å². The Kier molecular flexibility index (Phi) is 10.3. The van der Waals surface area contributed by atoms with Gasteiger partial charge in [0, 0.05) is 24.7 Å². The number of rotatable bonds is 8. The topological polar surface area (TPSA) is 59.0 Å². The van der Waals surface area contributed by atoms with E-state index in [1.807, 2.05) is 74.0 Å². The summed E-state index contributed by atoms with van der Waals surface area (Å²) in [4.78, 5) is 11.9. The third kappa shape index (κ3) is 7.94. The van der Waals surface area contributed by atoms with E-state index >= 15 is 0 Å². The fraction of sp³-hybridized carbons (Fsp3) is 0.364. The fourth-order valence-electron chi connectivity index (χ4n) is 2.30. The molecule has 146 valence electrons. The summed E-state index contributed by atoms with van der Waals surface area (Å²) in [6.45, 7) is 12.0. The van der Waals surface area contributed by atoms with Crippen molar-refractivity contribution in [2.24, 2.45) is 0 Å². The van der Waals surface area contributed by atoms with Crippen LogP contribution in [0.25, 0.3) is 5.69 Å². The predicted molar refractivity (Wildman–Crippen MR) is 114 cm³/mol. The zero-order valence-electron chi connectivity index (χ0n) is 17.0. The number of nitrogens with one attached hydrogen (secondary N) is 2. The van der Waals surface area contributed by atoms with Crippen molar-refractivity contribution in [3.8, 4) is 5.69 Å². The van der Waals surface area contributed by atoms with E-state index in [-0.39, 0.29) is 5.91 Å². The summed E-state index contributed by atoms with van der Waals surface area (Å²) >= 11 is 0. The number of para-hydroxylation sites is 1. The van der Waals surface area contributed by atoms with Gasteiger partial charge in [-0.2, -0.15) is 5.10 Å². The summed E-state index contributed by atoms with van der Waals surface area (Å²) in [5.74, 6) is 0.915. The Labute approximate surface area is 163 Å². The Morgan fingerprint density at radius 2 is 1.93 bits per heavy atom. The molecule has 0 bridgehead atoms. The molecule has 0 aliphatic heterocycles. The molecule has 5 nitrogen and oxygen atoms in total. The number of amides is 1. The molecular weight excluding hydrogens is 336 g/mol. The van der Waals surface area contributed by atoms with E-state index in [2.05, 4.69) is 29.2 Å². The van der Waals surface area contributed by atoms with Crippen LogP contribution in [0.5, 0.6) is 0 Å². The molecule has 0 saturated carbocycles. The summed E-state index contributed by atoms with van der Waals surface area (Å²) in [7, 11) is 0. The first-order valence-electron chi connectivity index (χ1n) is 9.47. The highest BCUT2D eigenvalue weighted by Gasteiger charge is 2.08. The molecule has 1 aromatic heterocycles. The van der Waals surface area contributed by atoms with Crippen molar-refractivity contribution in [1.82, 2.24) is 15.1 Å². The average Bonchev–Trinajstić information content (AvgIpc) is 3.07. The van der Waals surface area contributed by atoms with Crippen molar-refractivity contribution in [3.05, 3.63) is 66.5 Å². The van der Waals surface area contributed by atoms with Gasteiger partial charge in [0.1, 0.15) is 5.82 Å². The van der Waals surface area contributed by atoms with Crippen molar-refractivity contribution in [3.63, 3.8) is 0 Å². The minimum atomic E-state index is 0.0231. The summed E-state index contributed by atoms with van der Waals surface area (Å²) in [5.41, 5.74) is 2.89. The van der Waals surface area contributed by atoms with Crippen molar-refractivity contribution >= 4 is 11.7 Å². The zero-order valence-corrected chi connectivity index (χ0v) is 17.0. The van der Waals surface area contributed by atoms with E-state index in [1.54, 1.807) is 0 Å². The molecule has 5 heteroatoms. The van der Waals surface area contributed by atoms with Gasteiger partial charge in [-0.05, 0) is 38.8 Å². The summed E-state index contributed by atoms with van der Waals surface area (Å²) in [6.07, 6.45) is 6.13. The smallest absolute Gasteiger partial charge is 0.225 e. The normalized spacial score (nSPS) is 10.6. The number of allylic oxidation sites excluding steroid dienone is 3. The molecule has 27 heavy (non-hydrogen) atoms. The number of carbonyl (C=O) groups is 1. The highest BCUT2D eigenvalue weighted by molar-refractivity contribution is 5.78. The Balaban J connectivity index is 0.000000828. The molecule has 0 aliphatic carbocycles. The van der Waals surface area contributed by atoms with Crippen LogP contribution in [0.15, 0.2) is 60.8 Å². The summed E-state index contributed by atoms with van der Waals surface area (Å²) < 4.78 is 1.86. The molecule has 0 fully saturated rings. The van der Waals surface area contributed by atoms with E-state index in [4.69, 9.17) is 0 Å². The Bertz CT molecular complexity index is 732. The maximum Gasteiger partial charge on any atom is 0.225 e. The minimum Gasteiger partial charge on any atom is -0.369 e. The Hall–Kier alpha value is -2.82. The van der Waals surface area contributed by atoms with Crippen molar-refractivity contribution < 1.29 is 4.79 Å². The third-order valence-electron chi connectivity index (χ3n) is 3.81. The molecule has 0 unspecified atom stereocenters. The number of hydrogen-bond donors (Lipinski definition) is 2. The lowest BCUT2D eigenvalue weighted by atomic mass is 10.3. The van der Waals surface area contributed by atoms with Crippen LogP contribution in [-0.4, -0.2) is 22.2 Å². The average molecular weight is 369 g/mol. The zero-order chi connectivity index (χ0) is 20.1.